The van der Waals surface area contributed by atoms with Gasteiger partial charge in [0.05, 0.1) is 5.69 Å². The van der Waals surface area contributed by atoms with Crippen LogP contribution in [0.15, 0.2) is 18.5 Å². The smallest absolute Gasteiger partial charge is 0.152 e. The molecule has 2 aromatic rings. The van der Waals surface area contributed by atoms with Gasteiger partial charge in [-0.2, -0.15) is 5.10 Å². The van der Waals surface area contributed by atoms with E-state index in [-0.39, 0.29) is 5.38 Å². The monoisotopic (exact) mass is 252 g/mol. The van der Waals surface area contributed by atoms with Gasteiger partial charge in [0.25, 0.3) is 0 Å². The first-order chi connectivity index (χ1) is 8.20. The van der Waals surface area contributed by atoms with Gasteiger partial charge in [0.15, 0.2) is 5.82 Å². The van der Waals surface area contributed by atoms with Crippen molar-refractivity contribution in [2.45, 2.75) is 32.1 Å². The van der Waals surface area contributed by atoms with Crippen molar-refractivity contribution < 1.29 is 0 Å². The normalized spacial score (nSPS) is 12.9. The largest absolute Gasteiger partial charge is 0.368 e. The molecule has 0 aromatic carbocycles. The van der Waals surface area contributed by atoms with Crippen molar-refractivity contribution in [1.29, 1.82) is 0 Å². The minimum atomic E-state index is 0.230. The average Bonchev–Trinajstić information content (AvgIpc) is 2.70. The fourth-order valence-electron chi connectivity index (χ4n) is 1.73. The van der Waals surface area contributed by atoms with Crippen LogP contribution < -0.4 is 5.32 Å². The van der Waals surface area contributed by atoms with E-state index in [9.17, 15) is 0 Å². The first-order valence-corrected chi connectivity index (χ1v) is 6.33. The van der Waals surface area contributed by atoms with Crippen molar-refractivity contribution in [3.63, 3.8) is 0 Å². The molecule has 2 aromatic heterocycles. The van der Waals surface area contributed by atoms with Gasteiger partial charge in [0.2, 0.25) is 0 Å². The third-order valence-electron chi connectivity index (χ3n) is 2.71. The summed E-state index contributed by atoms with van der Waals surface area (Å²) in [5.74, 6) is 0.869. The van der Waals surface area contributed by atoms with Crippen LogP contribution in [0.5, 0.6) is 0 Å². The number of nitrogens with one attached hydrogen (secondary N) is 1. The Labute approximate surface area is 106 Å². The molecule has 0 saturated heterocycles. The number of fused-ring (bicyclic) bond motifs is 1. The molecular weight excluding hydrogens is 236 g/mol. The second-order valence-corrected chi connectivity index (χ2v) is 4.73. The average molecular weight is 253 g/mol. The molecule has 0 aliphatic rings. The minimum Gasteiger partial charge on any atom is -0.368 e. The van der Waals surface area contributed by atoms with Gasteiger partial charge < -0.3 is 5.32 Å². The standard InChI is InChI=1S/C12H17ClN4/c1-3-10(13)4-5-14-12-11-8-9(2)16-17(11)7-6-15-12/h6-8,10H,3-5H2,1-2H3,(H,14,15). The maximum absolute atomic E-state index is 6.08. The van der Waals surface area contributed by atoms with E-state index in [2.05, 4.69) is 22.3 Å². The molecule has 1 N–H and O–H groups in total. The summed E-state index contributed by atoms with van der Waals surface area (Å²) in [6, 6.07) is 2.02. The van der Waals surface area contributed by atoms with Crippen molar-refractivity contribution in [2.24, 2.45) is 0 Å². The van der Waals surface area contributed by atoms with Gasteiger partial charge in [-0.3, -0.25) is 0 Å². The zero-order valence-electron chi connectivity index (χ0n) is 10.2. The molecule has 0 fully saturated rings. The van der Waals surface area contributed by atoms with Crippen LogP contribution >= 0.6 is 11.6 Å². The Morgan fingerprint density at radius 1 is 1.53 bits per heavy atom. The molecule has 1 atom stereocenters. The molecule has 2 heterocycles. The van der Waals surface area contributed by atoms with Crippen molar-refractivity contribution in [2.75, 3.05) is 11.9 Å². The highest BCUT2D eigenvalue weighted by Gasteiger charge is 2.05. The number of hydrogen-bond donors (Lipinski definition) is 1. The Morgan fingerprint density at radius 3 is 3.12 bits per heavy atom. The molecule has 1 unspecified atom stereocenters. The van der Waals surface area contributed by atoms with Crippen LogP contribution in [0.3, 0.4) is 0 Å². The van der Waals surface area contributed by atoms with Crippen molar-refractivity contribution in [1.82, 2.24) is 14.6 Å². The second kappa shape index (κ2) is 5.36. The number of aromatic nitrogens is 3. The van der Waals surface area contributed by atoms with Crippen LogP contribution in [0, 0.1) is 6.92 Å². The lowest BCUT2D eigenvalue weighted by Gasteiger charge is -2.09. The molecule has 0 aliphatic heterocycles. The first kappa shape index (κ1) is 12.2. The summed E-state index contributed by atoms with van der Waals surface area (Å²) < 4.78 is 1.84. The zero-order chi connectivity index (χ0) is 12.3. The zero-order valence-corrected chi connectivity index (χ0v) is 10.9. The van der Waals surface area contributed by atoms with Crippen LogP contribution in [-0.2, 0) is 0 Å². The summed E-state index contributed by atoms with van der Waals surface area (Å²) >= 11 is 6.08. The van der Waals surface area contributed by atoms with E-state index < -0.39 is 0 Å². The van der Waals surface area contributed by atoms with Crippen LogP contribution in [-0.4, -0.2) is 26.5 Å². The van der Waals surface area contributed by atoms with E-state index in [0.717, 1.165) is 36.4 Å². The topological polar surface area (TPSA) is 42.2 Å². The van der Waals surface area contributed by atoms with Gasteiger partial charge in [-0.25, -0.2) is 9.50 Å². The molecule has 0 saturated carbocycles. The quantitative estimate of drug-likeness (QED) is 0.832. The summed E-state index contributed by atoms with van der Waals surface area (Å²) in [6.45, 7) is 4.90. The molecule has 5 heteroatoms. The predicted octanol–water partition coefficient (Wildman–Crippen LogP) is 2.86. The maximum atomic E-state index is 6.08. The van der Waals surface area contributed by atoms with Gasteiger partial charge in [-0.05, 0) is 25.8 Å². The van der Waals surface area contributed by atoms with E-state index in [4.69, 9.17) is 11.6 Å². The van der Waals surface area contributed by atoms with Crippen molar-refractivity contribution in [3.8, 4) is 0 Å². The summed E-state index contributed by atoms with van der Waals surface area (Å²) in [7, 11) is 0. The molecule has 2 rings (SSSR count). The molecule has 17 heavy (non-hydrogen) atoms. The second-order valence-electron chi connectivity index (χ2n) is 4.11. The fourth-order valence-corrected chi connectivity index (χ4v) is 1.84. The van der Waals surface area contributed by atoms with E-state index >= 15 is 0 Å². The maximum Gasteiger partial charge on any atom is 0.152 e. The molecular formula is C12H17ClN4. The Bertz CT molecular complexity index is 494. The highest BCUT2D eigenvalue weighted by molar-refractivity contribution is 6.20. The fraction of sp³-hybridized carbons (Fsp3) is 0.500. The lowest BCUT2D eigenvalue weighted by atomic mass is 10.2. The highest BCUT2D eigenvalue weighted by atomic mass is 35.5. The number of aryl methyl sites for hydroxylation is 1. The van der Waals surface area contributed by atoms with Gasteiger partial charge in [-0.15, -0.1) is 11.6 Å². The van der Waals surface area contributed by atoms with Crippen molar-refractivity contribution in [3.05, 3.63) is 24.2 Å². The molecule has 0 spiro atoms. The summed E-state index contributed by atoms with van der Waals surface area (Å²) in [6.07, 6.45) is 5.53. The number of hydrogen-bond acceptors (Lipinski definition) is 3. The molecule has 0 aliphatic carbocycles. The van der Waals surface area contributed by atoms with Crippen LogP contribution in [0.4, 0.5) is 5.82 Å². The number of rotatable bonds is 5. The Hall–Kier alpha value is -1.29. The SMILES string of the molecule is CCC(Cl)CCNc1nccn2nc(C)cc12. The Morgan fingerprint density at radius 2 is 2.35 bits per heavy atom. The molecule has 92 valence electrons. The third-order valence-corrected chi connectivity index (χ3v) is 3.23. The highest BCUT2D eigenvalue weighted by Crippen LogP contribution is 2.15. The summed E-state index contributed by atoms with van der Waals surface area (Å²) in [5, 5.41) is 7.88. The summed E-state index contributed by atoms with van der Waals surface area (Å²) in [5.41, 5.74) is 2.00. The summed E-state index contributed by atoms with van der Waals surface area (Å²) in [4.78, 5) is 4.33. The van der Waals surface area contributed by atoms with Gasteiger partial charge in [0.1, 0.15) is 5.52 Å². The third kappa shape index (κ3) is 2.88. The van der Waals surface area contributed by atoms with Crippen LogP contribution in [0.1, 0.15) is 25.5 Å². The van der Waals surface area contributed by atoms with Gasteiger partial charge in [-0.1, -0.05) is 6.92 Å². The van der Waals surface area contributed by atoms with E-state index in [0.29, 0.717) is 0 Å². The number of nitrogens with zero attached hydrogens (tertiary/aromatic N) is 3. The van der Waals surface area contributed by atoms with Gasteiger partial charge in [0, 0.05) is 24.3 Å². The first-order valence-electron chi connectivity index (χ1n) is 5.89. The number of alkyl halides is 1. The van der Waals surface area contributed by atoms with Crippen molar-refractivity contribution >= 4 is 22.9 Å². The van der Waals surface area contributed by atoms with Gasteiger partial charge >= 0.3 is 0 Å². The Balaban J connectivity index is 2.08. The molecule has 0 bridgehead atoms. The molecule has 4 nitrogen and oxygen atoms in total. The lowest BCUT2D eigenvalue weighted by Crippen LogP contribution is -2.09. The van der Waals surface area contributed by atoms with E-state index in [1.165, 1.54) is 0 Å². The minimum absolute atomic E-state index is 0.230. The number of anilines is 1. The molecule has 0 amide bonds. The Kier molecular flexibility index (Phi) is 3.84. The van der Waals surface area contributed by atoms with E-state index in [1.54, 1.807) is 6.20 Å². The molecule has 0 radical (unpaired) electrons. The van der Waals surface area contributed by atoms with Crippen LogP contribution in [0.2, 0.25) is 0 Å². The predicted molar refractivity (Wildman–Crippen MR) is 70.8 cm³/mol. The number of halogens is 1. The van der Waals surface area contributed by atoms with Crippen LogP contribution in [0.25, 0.3) is 5.52 Å². The lowest BCUT2D eigenvalue weighted by molar-refractivity contribution is 0.751. The van der Waals surface area contributed by atoms with E-state index in [1.807, 2.05) is 23.7 Å².